The van der Waals surface area contributed by atoms with Crippen molar-refractivity contribution in [3.63, 3.8) is 0 Å². The van der Waals surface area contributed by atoms with Gasteiger partial charge in [-0.3, -0.25) is 4.79 Å². The molecule has 1 aromatic carbocycles. The van der Waals surface area contributed by atoms with Gasteiger partial charge in [0.2, 0.25) is 10.0 Å². The topological polar surface area (TPSA) is 74.7 Å². The molecule has 0 heterocycles. The summed E-state index contributed by atoms with van der Waals surface area (Å²) in [6, 6.07) is 7.01. The molecule has 0 aromatic heterocycles. The summed E-state index contributed by atoms with van der Waals surface area (Å²) >= 11 is 5.84. The van der Waals surface area contributed by atoms with Gasteiger partial charge in [0.05, 0.1) is 11.7 Å². The number of carbonyl (C=O) groups is 1. The fraction of sp³-hybridized carbons (Fsp3) is 0.462. The molecule has 1 rings (SSSR count). The van der Waals surface area contributed by atoms with E-state index in [4.69, 9.17) is 16.7 Å². The van der Waals surface area contributed by atoms with E-state index in [-0.39, 0.29) is 12.3 Å². The number of rotatable bonds is 7. The molecule has 0 fully saturated rings. The van der Waals surface area contributed by atoms with Crippen molar-refractivity contribution in [2.24, 2.45) is 5.92 Å². The summed E-state index contributed by atoms with van der Waals surface area (Å²) in [6.07, 6.45) is 0.342. The highest BCUT2D eigenvalue weighted by Crippen LogP contribution is 2.13. The zero-order valence-electron chi connectivity index (χ0n) is 11.4. The minimum absolute atomic E-state index is 0.0345. The monoisotopic (exact) mass is 319 g/mol. The molecule has 0 radical (unpaired) electrons. The van der Waals surface area contributed by atoms with E-state index < -0.39 is 21.9 Å². The Balaban J connectivity index is 2.63. The fourth-order valence-corrected chi connectivity index (χ4v) is 3.14. The quantitative estimate of drug-likeness (QED) is 0.832. The summed E-state index contributed by atoms with van der Waals surface area (Å²) in [5, 5.41) is 9.36. The summed E-state index contributed by atoms with van der Waals surface area (Å²) in [6.45, 7) is 1.44. The minimum atomic E-state index is -3.47. The number of hydrogen-bond acceptors (Lipinski definition) is 3. The summed E-state index contributed by atoms with van der Waals surface area (Å²) in [4.78, 5) is 10.7. The van der Waals surface area contributed by atoms with Gasteiger partial charge in [0.1, 0.15) is 0 Å². The third kappa shape index (κ3) is 5.11. The number of nitrogens with zero attached hydrogens (tertiary/aromatic N) is 1. The van der Waals surface area contributed by atoms with Crippen LogP contribution >= 0.6 is 11.6 Å². The number of aliphatic carboxylic acids is 1. The fourth-order valence-electron chi connectivity index (χ4n) is 1.67. The van der Waals surface area contributed by atoms with Crippen molar-refractivity contribution in [3.05, 3.63) is 34.9 Å². The Morgan fingerprint density at radius 2 is 2.10 bits per heavy atom. The molecule has 0 spiro atoms. The molecule has 5 nitrogen and oxygen atoms in total. The lowest BCUT2D eigenvalue weighted by molar-refractivity contribution is -0.141. The van der Waals surface area contributed by atoms with Gasteiger partial charge in [0.15, 0.2) is 0 Å². The van der Waals surface area contributed by atoms with Crippen LogP contribution in [-0.2, 0) is 21.2 Å². The molecule has 1 N–H and O–H groups in total. The first-order valence-electron chi connectivity index (χ1n) is 6.13. The molecule has 0 bridgehead atoms. The third-order valence-electron chi connectivity index (χ3n) is 2.97. The van der Waals surface area contributed by atoms with E-state index in [9.17, 15) is 13.2 Å². The average Bonchev–Trinajstić information content (AvgIpc) is 2.36. The predicted molar refractivity (Wildman–Crippen MR) is 78.4 cm³/mol. The van der Waals surface area contributed by atoms with Crippen LogP contribution in [0.1, 0.15) is 12.5 Å². The van der Waals surface area contributed by atoms with Crippen LogP contribution in [-0.4, -0.2) is 43.1 Å². The van der Waals surface area contributed by atoms with Crippen LogP contribution in [0.3, 0.4) is 0 Å². The number of carboxylic acid groups (broad SMARTS) is 1. The average molecular weight is 320 g/mol. The summed E-state index contributed by atoms with van der Waals surface area (Å²) in [5.41, 5.74) is 0.834. The van der Waals surface area contributed by atoms with E-state index in [1.165, 1.54) is 14.0 Å². The lowest BCUT2D eigenvalue weighted by Crippen LogP contribution is -2.35. The molecule has 0 saturated carbocycles. The second-order valence-corrected chi connectivity index (χ2v) is 7.35. The lowest BCUT2D eigenvalue weighted by Gasteiger charge is -2.19. The minimum Gasteiger partial charge on any atom is -0.481 e. The van der Waals surface area contributed by atoms with Crippen molar-refractivity contribution in [3.8, 4) is 0 Å². The Labute approximate surface area is 124 Å². The standard InChI is InChI=1S/C13H18ClNO4S/c1-10(13(16)17)9-15(2)20(18,19)7-6-11-4-3-5-12(14)8-11/h3-5,8,10H,6-7,9H2,1-2H3,(H,16,17). The van der Waals surface area contributed by atoms with E-state index in [1.807, 2.05) is 0 Å². The van der Waals surface area contributed by atoms with Gasteiger partial charge in [-0.1, -0.05) is 30.7 Å². The smallest absolute Gasteiger partial charge is 0.307 e. The van der Waals surface area contributed by atoms with Crippen LogP contribution in [0.25, 0.3) is 0 Å². The van der Waals surface area contributed by atoms with E-state index in [2.05, 4.69) is 0 Å². The van der Waals surface area contributed by atoms with Crippen LogP contribution in [0, 0.1) is 5.92 Å². The van der Waals surface area contributed by atoms with Crippen molar-refractivity contribution < 1.29 is 18.3 Å². The Bertz CT molecular complexity index is 573. The van der Waals surface area contributed by atoms with Crippen LogP contribution in [0.5, 0.6) is 0 Å². The van der Waals surface area contributed by atoms with Gasteiger partial charge >= 0.3 is 5.97 Å². The van der Waals surface area contributed by atoms with Crippen molar-refractivity contribution in [1.29, 1.82) is 0 Å². The second-order valence-electron chi connectivity index (χ2n) is 4.72. The molecule has 0 aliphatic carbocycles. The second kappa shape index (κ2) is 7.06. The maximum atomic E-state index is 12.0. The number of benzene rings is 1. The number of hydrogen-bond donors (Lipinski definition) is 1. The van der Waals surface area contributed by atoms with Gasteiger partial charge in [0, 0.05) is 18.6 Å². The van der Waals surface area contributed by atoms with Crippen LogP contribution in [0.4, 0.5) is 0 Å². The molecule has 0 amide bonds. The molecule has 0 aliphatic rings. The largest absolute Gasteiger partial charge is 0.481 e. The number of halogens is 1. The van der Waals surface area contributed by atoms with Gasteiger partial charge in [-0.05, 0) is 24.1 Å². The highest BCUT2D eigenvalue weighted by Gasteiger charge is 2.22. The maximum Gasteiger partial charge on any atom is 0.307 e. The highest BCUT2D eigenvalue weighted by atomic mass is 35.5. The van der Waals surface area contributed by atoms with Gasteiger partial charge in [-0.15, -0.1) is 0 Å². The Kier molecular flexibility index (Phi) is 5.98. The number of aryl methyl sites for hydroxylation is 1. The summed E-state index contributed by atoms with van der Waals surface area (Å²) in [5.74, 6) is -1.82. The Morgan fingerprint density at radius 1 is 1.45 bits per heavy atom. The molecule has 112 valence electrons. The molecule has 0 aliphatic heterocycles. The van der Waals surface area contributed by atoms with Gasteiger partial charge in [-0.2, -0.15) is 0 Å². The Morgan fingerprint density at radius 3 is 2.65 bits per heavy atom. The van der Waals surface area contributed by atoms with E-state index >= 15 is 0 Å². The van der Waals surface area contributed by atoms with Crippen molar-refractivity contribution in [2.45, 2.75) is 13.3 Å². The zero-order valence-corrected chi connectivity index (χ0v) is 13.0. The molecular formula is C13H18ClNO4S. The molecule has 1 aromatic rings. The summed E-state index contributed by atoms with van der Waals surface area (Å²) in [7, 11) is -2.08. The van der Waals surface area contributed by atoms with Gasteiger partial charge in [0.25, 0.3) is 0 Å². The first kappa shape index (κ1) is 16.9. The molecule has 20 heavy (non-hydrogen) atoms. The third-order valence-corrected chi connectivity index (χ3v) is 5.02. The normalized spacial score (nSPS) is 13.4. The summed E-state index contributed by atoms with van der Waals surface area (Å²) < 4.78 is 25.2. The van der Waals surface area contributed by atoms with Crippen LogP contribution < -0.4 is 0 Å². The van der Waals surface area contributed by atoms with Crippen LogP contribution in [0.15, 0.2) is 24.3 Å². The predicted octanol–water partition coefficient (Wildman–Crippen LogP) is 1.86. The highest BCUT2D eigenvalue weighted by molar-refractivity contribution is 7.89. The molecule has 0 saturated heterocycles. The number of sulfonamides is 1. The first-order chi connectivity index (χ1) is 9.22. The van der Waals surface area contributed by atoms with Gasteiger partial charge in [-0.25, -0.2) is 12.7 Å². The maximum absolute atomic E-state index is 12.0. The molecule has 7 heteroatoms. The molecular weight excluding hydrogens is 302 g/mol. The van der Waals surface area contributed by atoms with Crippen molar-refractivity contribution in [1.82, 2.24) is 4.31 Å². The van der Waals surface area contributed by atoms with Crippen molar-refractivity contribution in [2.75, 3.05) is 19.3 Å². The first-order valence-corrected chi connectivity index (χ1v) is 8.12. The van der Waals surface area contributed by atoms with E-state index in [1.54, 1.807) is 24.3 Å². The molecule has 1 atom stereocenters. The van der Waals surface area contributed by atoms with Crippen molar-refractivity contribution >= 4 is 27.6 Å². The molecule has 1 unspecified atom stereocenters. The van der Waals surface area contributed by atoms with E-state index in [0.29, 0.717) is 11.4 Å². The lowest BCUT2D eigenvalue weighted by atomic mass is 10.2. The zero-order chi connectivity index (χ0) is 15.3. The Hall–Kier alpha value is -1.11. The SMILES string of the molecule is CC(CN(C)S(=O)(=O)CCc1cccc(Cl)c1)C(=O)O. The van der Waals surface area contributed by atoms with Crippen LogP contribution in [0.2, 0.25) is 5.02 Å². The van der Waals surface area contributed by atoms with Gasteiger partial charge < -0.3 is 5.11 Å². The number of carboxylic acids is 1. The van der Waals surface area contributed by atoms with E-state index in [0.717, 1.165) is 9.87 Å².